The Kier molecular flexibility index (Phi) is 2.65. The standard InChI is InChI=1S/C21H25NO4/c1-22(11-12-2-3-12)9-8-20-17-13-4-5-14(23)18(17)26-19(20)15(24)6-7-21(20,25)16(22)10-13/h4-5,12,16,19,25H,2-3,6-11H2,1H3/t16?,19?,20?,21-,22?/m1/s1. The van der Waals surface area contributed by atoms with Crippen LogP contribution in [0.15, 0.2) is 12.1 Å². The number of ketones is 1. The van der Waals surface area contributed by atoms with Crippen LogP contribution >= 0.6 is 0 Å². The minimum absolute atomic E-state index is 0.0511. The number of ether oxygens (including phenoxy) is 1. The number of carbonyl (C=O) groups is 1. The Hall–Kier alpha value is -1.59. The molecular weight excluding hydrogens is 330 g/mol. The molecule has 5 atom stereocenters. The zero-order chi connectivity index (χ0) is 17.9. The van der Waals surface area contributed by atoms with Gasteiger partial charge in [-0.15, -0.1) is 0 Å². The predicted molar refractivity (Wildman–Crippen MR) is 91.9 cm³/mol. The van der Waals surface area contributed by atoms with Crippen molar-refractivity contribution in [3.8, 4) is 11.5 Å². The zero-order valence-electron chi connectivity index (χ0n) is 15.2. The minimum Gasteiger partial charge on any atom is -0.870 e. The number of piperidine rings is 1. The minimum atomic E-state index is -0.959. The normalized spacial score (nSPS) is 45.2. The van der Waals surface area contributed by atoms with Crippen molar-refractivity contribution < 1.29 is 24.2 Å². The van der Waals surface area contributed by atoms with E-state index < -0.39 is 17.1 Å². The fourth-order valence-electron chi connectivity index (χ4n) is 6.93. The highest BCUT2D eigenvalue weighted by molar-refractivity contribution is 5.89. The molecule has 3 aliphatic carbocycles. The first-order chi connectivity index (χ1) is 12.4. The molecule has 5 aliphatic rings. The Balaban J connectivity index is 1.60. The molecular formula is C21H25NO4. The Morgan fingerprint density at radius 1 is 1.35 bits per heavy atom. The summed E-state index contributed by atoms with van der Waals surface area (Å²) in [5.41, 5.74) is 0.322. The topological polar surface area (TPSA) is 69.6 Å². The van der Waals surface area contributed by atoms with E-state index in [0.717, 1.165) is 47.5 Å². The first-order valence-electron chi connectivity index (χ1n) is 9.98. The molecule has 2 saturated carbocycles. The smallest absolute Gasteiger partial charge is 0.174 e. The number of hydrogen-bond acceptors (Lipinski definition) is 4. The highest BCUT2D eigenvalue weighted by atomic mass is 16.5. The van der Waals surface area contributed by atoms with Gasteiger partial charge in [-0.1, -0.05) is 17.9 Å². The molecule has 3 fully saturated rings. The van der Waals surface area contributed by atoms with Crippen molar-refractivity contribution in [1.29, 1.82) is 0 Å². The van der Waals surface area contributed by atoms with E-state index in [9.17, 15) is 15.0 Å². The van der Waals surface area contributed by atoms with Gasteiger partial charge in [0.05, 0.1) is 25.6 Å². The Morgan fingerprint density at radius 3 is 2.92 bits per heavy atom. The number of rotatable bonds is 2. The molecule has 138 valence electrons. The summed E-state index contributed by atoms with van der Waals surface area (Å²) in [6.07, 6.45) is 4.26. The number of Topliss-reactive ketones (excluding diaryl/α,β-unsaturated/α-hetero) is 1. The quantitative estimate of drug-likeness (QED) is 0.805. The lowest BCUT2D eigenvalue weighted by Gasteiger charge is -2.64. The van der Waals surface area contributed by atoms with E-state index >= 15 is 0 Å². The van der Waals surface area contributed by atoms with Gasteiger partial charge in [-0.05, 0) is 24.8 Å². The molecule has 0 radical (unpaired) electrons. The average molecular weight is 355 g/mol. The maximum atomic E-state index is 12.8. The molecule has 1 N–H and O–H groups in total. The number of benzene rings is 1. The van der Waals surface area contributed by atoms with Crippen molar-refractivity contribution in [3.63, 3.8) is 0 Å². The fraction of sp³-hybridized carbons (Fsp3) is 0.667. The van der Waals surface area contributed by atoms with Crippen LogP contribution in [0.5, 0.6) is 11.5 Å². The number of likely N-dealkylation sites (tertiary alicyclic amines) is 1. The van der Waals surface area contributed by atoms with E-state index in [4.69, 9.17) is 4.74 Å². The van der Waals surface area contributed by atoms with Gasteiger partial charge in [-0.3, -0.25) is 4.79 Å². The van der Waals surface area contributed by atoms with Gasteiger partial charge in [0.2, 0.25) is 0 Å². The van der Waals surface area contributed by atoms with Gasteiger partial charge in [0.25, 0.3) is 0 Å². The number of nitrogens with zero attached hydrogens (tertiary/aromatic N) is 1. The molecule has 2 heterocycles. The van der Waals surface area contributed by atoms with Crippen molar-refractivity contribution in [1.82, 2.24) is 0 Å². The third-order valence-corrected chi connectivity index (χ3v) is 8.26. The zero-order valence-corrected chi connectivity index (χ0v) is 15.2. The molecule has 6 rings (SSSR count). The lowest BCUT2D eigenvalue weighted by Crippen LogP contribution is -2.80. The molecule has 0 aromatic heterocycles. The summed E-state index contributed by atoms with van der Waals surface area (Å²) in [6, 6.07) is 3.58. The SMILES string of the molecule is C[N+]1(CC2CC2)CCC23c4c5ccc([O-])c4OC2C(=O)CC[C@@]3(O)C1C5. The van der Waals surface area contributed by atoms with Gasteiger partial charge < -0.3 is 19.4 Å². The van der Waals surface area contributed by atoms with Gasteiger partial charge >= 0.3 is 0 Å². The van der Waals surface area contributed by atoms with Gasteiger partial charge in [0.1, 0.15) is 17.4 Å². The van der Waals surface area contributed by atoms with E-state index in [1.165, 1.54) is 12.8 Å². The number of carbonyl (C=O) groups excluding carboxylic acids is 1. The maximum Gasteiger partial charge on any atom is 0.174 e. The van der Waals surface area contributed by atoms with E-state index in [1.807, 2.05) is 6.07 Å². The van der Waals surface area contributed by atoms with Gasteiger partial charge in [-0.2, -0.15) is 0 Å². The van der Waals surface area contributed by atoms with E-state index in [1.54, 1.807) is 6.07 Å². The molecule has 2 bridgehead atoms. The molecule has 1 aromatic carbocycles. The van der Waals surface area contributed by atoms with Crippen LogP contribution in [0.2, 0.25) is 0 Å². The molecule has 1 aromatic rings. The molecule has 1 spiro atoms. The molecule has 5 heteroatoms. The number of quaternary nitrogens is 1. The molecule has 1 saturated heterocycles. The second-order valence-electron chi connectivity index (χ2n) is 9.59. The number of aliphatic hydroxyl groups is 1. The lowest BCUT2D eigenvalue weighted by molar-refractivity contribution is -0.950. The highest BCUT2D eigenvalue weighted by Gasteiger charge is 2.76. The monoisotopic (exact) mass is 355 g/mol. The summed E-state index contributed by atoms with van der Waals surface area (Å²) >= 11 is 0. The van der Waals surface area contributed by atoms with Crippen molar-refractivity contribution in [2.45, 2.75) is 61.7 Å². The Morgan fingerprint density at radius 2 is 2.15 bits per heavy atom. The molecule has 4 unspecified atom stereocenters. The summed E-state index contributed by atoms with van der Waals surface area (Å²) in [7, 11) is 2.29. The number of likely N-dealkylation sites (N-methyl/N-ethyl adjacent to an activating group) is 1. The summed E-state index contributed by atoms with van der Waals surface area (Å²) in [6.45, 7) is 2.06. The second kappa shape index (κ2) is 4.45. The summed E-state index contributed by atoms with van der Waals surface area (Å²) in [5, 5.41) is 24.6. The predicted octanol–water partition coefficient (Wildman–Crippen LogP) is 1.04. The third kappa shape index (κ3) is 1.55. The van der Waals surface area contributed by atoms with Crippen molar-refractivity contribution in [2.75, 3.05) is 20.1 Å². The summed E-state index contributed by atoms with van der Waals surface area (Å²) in [5.74, 6) is 1.02. The second-order valence-corrected chi connectivity index (χ2v) is 9.59. The van der Waals surface area contributed by atoms with Crippen LogP contribution in [0.4, 0.5) is 0 Å². The summed E-state index contributed by atoms with van der Waals surface area (Å²) < 4.78 is 6.91. The van der Waals surface area contributed by atoms with Crippen LogP contribution in [0.25, 0.3) is 0 Å². The molecule has 0 amide bonds. The van der Waals surface area contributed by atoms with Crippen LogP contribution in [0.1, 0.15) is 43.2 Å². The summed E-state index contributed by atoms with van der Waals surface area (Å²) in [4.78, 5) is 12.8. The van der Waals surface area contributed by atoms with Crippen LogP contribution in [0, 0.1) is 5.92 Å². The Labute approximate surface area is 153 Å². The third-order valence-electron chi connectivity index (χ3n) is 8.26. The Bertz CT molecular complexity index is 849. The molecule has 26 heavy (non-hydrogen) atoms. The maximum absolute atomic E-state index is 12.8. The highest BCUT2D eigenvalue weighted by Crippen LogP contribution is 2.65. The number of hydrogen-bond donors (Lipinski definition) is 1. The van der Waals surface area contributed by atoms with Crippen LogP contribution in [-0.2, 0) is 16.6 Å². The van der Waals surface area contributed by atoms with Crippen LogP contribution in [-0.4, -0.2) is 53.3 Å². The van der Waals surface area contributed by atoms with E-state index in [2.05, 4.69) is 7.05 Å². The molecule has 2 aliphatic heterocycles. The van der Waals surface area contributed by atoms with Crippen molar-refractivity contribution >= 4 is 5.78 Å². The van der Waals surface area contributed by atoms with Gasteiger partial charge in [0, 0.05) is 30.7 Å². The van der Waals surface area contributed by atoms with Crippen LogP contribution < -0.4 is 9.84 Å². The van der Waals surface area contributed by atoms with E-state index in [-0.39, 0.29) is 17.6 Å². The molecule has 5 nitrogen and oxygen atoms in total. The van der Waals surface area contributed by atoms with E-state index in [0.29, 0.717) is 18.6 Å². The van der Waals surface area contributed by atoms with Gasteiger partial charge in [0.15, 0.2) is 11.9 Å². The van der Waals surface area contributed by atoms with Crippen molar-refractivity contribution in [3.05, 3.63) is 23.3 Å². The largest absolute Gasteiger partial charge is 0.870 e. The van der Waals surface area contributed by atoms with Crippen molar-refractivity contribution in [2.24, 2.45) is 5.92 Å². The first kappa shape index (κ1) is 15.5. The average Bonchev–Trinajstić information content (AvgIpc) is 3.32. The fourth-order valence-corrected chi connectivity index (χ4v) is 6.93. The lowest BCUT2D eigenvalue weighted by atomic mass is 9.48. The first-order valence-corrected chi connectivity index (χ1v) is 9.98. The van der Waals surface area contributed by atoms with Crippen LogP contribution in [0.3, 0.4) is 0 Å². The van der Waals surface area contributed by atoms with Gasteiger partial charge in [-0.25, -0.2) is 0 Å².